The van der Waals surface area contributed by atoms with E-state index in [1.807, 2.05) is 18.2 Å². The Morgan fingerprint density at radius 1 is 1.25 bits per heavy atom. The monoisotopic (exact) mass is 275 g/mol. The molecule has 1 unspecified atom stereocenters. The van der Waals surface area contributed by atoms with Crippen molar-refractivity contribution in [3.63, 3.8) is 0 Å². The Morgan fingerprint density at radius 3 is 2.75 bits per heavy atom. The molecule has 5 heteroatoms. The van der Waals surface area contributed by atoms with Crippen molar-refractivity contribution in [3.8, 4) is 5.75 Å². The van der Waals surface area contributed by atoms with Crippen LogP contribution >= 0.6 is 0 Å². The van der Waals surface area contributed by atoms with Crippen LogP contribution in [0.2, 0.25) is 0 Å². The van der Waals surface area contributed by atoms with E-state index in [4.69, 9.17) is 10.6 Å². The topological polar surface area (TPSA) is 60.2 Å². The van der Waals surface area contributed by atoms with Crippen LogP contribution in [0.15, 0.2) is 42.6 Å². The maximum Gasteiger partial charge on any atom is 0.168 e. The molecule has 2 rings (SSSR count). The van der Waals surface area contributed by atoms with Gasteiger partial charge in [-0.05, 0) is 30.2 Å². The molecule has 0 aliphatic carbocycles. The van der Waals surface area contributed by atoms with Crippen LogP contribution in [0.4, 0.5) is 4.39 Å². The van der Waals surface area contributed by atoms with Crippen molar-refractivity contribution in [2.75, 3.05) is 7.11 Å². The molecule has 3 N–H and O–H groups in total. The molecule has 1 heterocycles. The van der Waals surface area contributed by atoms with Gasteiger partial charge >= 0.3 is 0 Å². The standard InChI is InChI=1S/C15H18FN3O/c1-20-14-7-4-5-11(15(14)16)9-13(19-17)10-12-6-2-3-8-18-12/h2-8,13,19H,9-10,17H2,1H3. The van der Waals surface area contributed by atoms with Gasteiger partial charge in [0.25, 0.3) is 0 Å². The molecule has 0 fully saturated rings. The Balaban J connectivity index is 2.10. The van der Waals surface area contributed by atoms with Crippen molar-refractivity contribution in [2.45, 2.75) is 18.9 Å². The summed E-state index contributed by atoms with van der Waals surface area (Å²) < 4.78 is 19.1. The van der Waals surface area contributed by atoms with Crippen molar-refractivity contribution in [2.24, 2.45) is 5.84 Å². The first-order valence-corrected chi connectivity index (χ1v) is 6.42. The molecule has 0 saturated heterocycles. The number of rotatable bonds is 6. The summed E-state index contributed by atoms with van der Waals surface area (Å²) in [5, 5.41) is 0. The van der Waals surface area contributed by atoms with Gasteiger partial charge in [-0.15, -0.1) is 0 Å². The number of pyridine rings is 1. The predicted molar refractivity (Wildman–Crippen MR) is 75.7 cm³/mol. The zero-order valence-electron chi connectivity index (χ0n) is 11.3. The van der Waals surface area contributed by atoms with E-state index in [0.29, 0.717) is 18.4 Å². The molecule has 0 saturated carbocycles. The number of hydrazine groups is 1. The maximum absolute atomic E-state index is 14.1. The Bertz CT molecular complexity index is 548. The maximum atomic E-state index is 14.1. The van der Waals surface area contributed by atoms with Crippen LogP contribution in [0.3, 0.4) is 0 Å². The summed E-state index contributed by atoms with van der Waals surface area (Å²) in [6.45, 7) is 0. The van der Waals surface area contributed by atoms with Crippen LogP contribution in [-0.4, -0.2) is 18.1 Å². The largest absolute Gasteiger partial charge is 0.494 e. The van der Waals surface area contributed by atoms with E-state index in [1.165, 1.54) is 7.11 Å². The number of nitrogens with zero attached hydrogens (tertiary/aromatic N) is 1. The van der Waals surface area contributed by atoms with E-state index in [9.17, 15) is 4.39 Å². The molecule has 0 spiro atoms. The second-order valence-corrected chi connectivity index (χ2v) is 4.53. The van der Waals surface area contributed by atoms with Crippen LogP contribution in [0.25, 0.3) is 0 Å². The number of aromatic nitrogens is 1. The number of halogens is 1. The van der Waals surface area contributed by atoms with E-state index in [-0.39, 0.29) is 17.6 Å². The van der Waals surface area contributed by atoms with Gasteiger partial charge in [-0.2, -0.15) is 0 Å². The summed E-state index contributed by atoms with van der Waals surface area (Å²) in [6.07, 6.45) is 2.83. The molecule has 1 aromatic carbocycles. The van der Waals surface area contributed by atoms with Crippen LogP contribution in [0, 0.1) is 5.82 Å². The third kappa shape index (κ3) is 3.53. The second-order valence-electron chi connectivity index (χ2n) is 4.53. The molecular weight excluding hydrogens is 257 g/mol. The zero-order chi connectivity index (χ0) is 14.4. The fourth-order valence-electron chi connectivity index (χ4n) is 2.10. The number of hydrogen-bond acceptors (Lipinski definition) is 4. The third-order valence-electron chi connectivity index (χ3n) is 3.15. The molecular formula is C15H18FN3O. The molecule has 0 amide bonds. The van der Waals surface area contributed by atoms with Gasteiger partial charge in [-0.3, -0.25) is 16.3 Å². The zero-order valence-corrected chi connectivity index (χ0v) is 11.3. The lowest BCUT2D eigenvalue weighted by Gasteiger charge is -2.16. The normalized spacial score (nSPS) is 12.2. The lowest BCUT2D eigenvalue weighted by atomic mass is 10.0. The lowest BCUT2D eigenvalue weighted by Crippen LogP contribution is -2.38. The average molecular weight is 275 g/mol. The Labute approximate surface area is 117 Å². The SMILES string of the molecule is COc1cccc(CC(Cc2ccccn2)NN)c1F. The predicted octanol–water partition coefficient (Wildman–Crippen LogP) is 1.85. The second kappa shape index (κ2) is 6.98. The van der Waals surface area contributed by atoms with Crippen molar-refractivity contribution in [1.29, 1.82) is 0 Å². The Morgan fingerprint density at radius 2 is 2.10 bits per heavy atom. The van der Waals surface area contributed by atoms with Crippen molar-refractivity contribution >= 4 is 0 Å². The van der Waals surface area contributed by atoms with Crippen molar-refractivity contribution in [3.05, 3.63) is 59.7 Å². The van der Waals surface area contributed by atoms with Gasteiger partial charge in [0, 0.05) is 24.4 Å². The first kappa shape index (κ1) is 14.4. The van der Waals surface area contributed by atoms with Gasteiger partial charge in [0.05, 0.1) is 7.11 Å². The summed E-state index contributed by atoms with van der Waals surface area (Å²) in [7, 11) is 1.45. The Hall–Kier alpha value is -1.98. The molecule has 1 atom stereocenters. The van der Waals surface area contributed by atoms with Gasteiger partial charge in [0.15, 0.2) is 11.6 Å². The van der Waals surface area contributed by atoms with Crippen LogP contribution < -0.4 is 16.0 Å². The molecule has 0 bridgehead atoms. The van der Waals surface area contributed by atoms with E-state index in [1.54, 1.807) is 24.4 Å². The highest BCUT2D eigenvalue weighted by molar-refractivity contribution is 5.31. The van der Waals surface area contributed by atoms with Gasteiger partial charge in [0.2, 0.25) is 0 Å². The molecule has 106 valence electrons. The lowest BCUT2D eigenvalue weighted by molar-refractivity contribution is 0.382. The molecule has 1 aromatic heterocycles. The molecule has 2 aromatic rings. The highest BCUT2D eigenvalue weighted by Gasteiger charge is 2.14. The number of benzene rings is 1. The van der Waals surface area contributed by atoms with E-state index < -0.39 is 0 Å². The first-order valence-electron chi connectivity index (χ1n) is 6.42. The van der Waals surface area contributed by atoms with Crippen LogP contribution in [0.5, 0.6) is 5.75 Å². The number of ether oxygens (including phenoxy) is 1. The third-order valence-corrected chi connectivity index (χ3v) is 3.15. The van der Waals surface area contributed by atoms with E-state index in [0.717, 1.165) is 5.69 Å². The fourth-order valence-corrected chi connectivity index (χ4v) is 2.10. The van der Waals surface area contributed by atoms with Crippen LogP contribution in [0.1, 0.15) is 11.3 Å². The van der Waals surface area contributed by atoms with Gasteiger partial charge in [0.1, 0.15) is 0 Å². The summed E-state index contributed by atoms with van der Waals surface area (Å²) >= 11 is 0. The summed E-state index contributed by atoms with van der Waals surface area (Å²) in [4.78, 5) is 4.25. The number of nitrogens with one attached hydrogen (secondary N) is 1. The Kier molecular flexibility index (Phi) is 5.03. The highest BCUT2D eigenvalue weighted by Crippen LogP contribution is 2.21. The molecule has 4 nitrogen and oxygen atoms in total. The van der Waals surface area contributed by atoms with Gasteiger partial charge in [-0.1, -0.05) is 18.2 Å². The molecule has 0 aliphatic rings. The highest BCUT2D eigenvalue weighted by atomic mass is 19.1. The number of nitrogens with two attached hydrogens (primary N) is 1. The van der Waals surface area contributed by atoms with Gasteiger partial charge < -0.3 is 4.74 Å². The summed E-state index contributed by atoms with van der Waals surface area (Å²) in [5.74, 6) is 5.47. The smallest absolute Gasteiger partial charge is 0.168 e. The molecule has 0 radical (unpaired) electrons. The quantitative estimate of drug-likeness (QED) is 0.624. The molecule has 20 heavy (non-hydrogen) atoms. The first-order chi connectivity index (χ1) is 9.74. The number of methoxy groups -OCH3 is 1. The van der Waals surface area contributed by atoms with Crippen molar-refractivity contribution < 1.29 is 9.13 Å². The van der Waals surface area contributed by atoms with E-state index >= 15 is 0 Å². The minimum atomic E-state index is -0.337. The number of hydrogen-bond donors (Lipinski definition) is 2. The minimum absolute atomic E-state index is 0.0912. The van der Waals surface area contributed by atoms with Crippen molar-refractivity contribution in [1.82, 2.24) is 10.4 Å². The molecule has 0 aliphatic heterocycles. The van der Waals surface area contributed by atoms with E-state index in [2.05, 4.69) is 10.4 Å². The van der Waals surface area contributed by atoms with Gasteiger partial charge in [-0.25, -0.2) is 4.39 Å². The minimum Gasteiger partial charge on any atom is -0.494 e. The average Bonchev–Trinajstić information content (AvgIpc) is 2.49. The summed E-state index contributed by atoms with van der Waals surface area (Å²) in [5.41, 5.74) is 4.20. The van der Waals surface area contributed by atoms with Crippen LogP contribution in [-0.2, 0) is 12.8 Å². The summed E-state index contributed by atoms with van der Waals surface area (Å²) in [6, 6.07) is 10.7. The fraction of sp³-hybridized carbons (Fsp3) is 0.267.